The van der Waals surface area contributed by atoms with E-state index in [1.54, 1.807) is 6.07 Å². The molecule has 2 aromatic rings. The van der Waals surface area contributed by atoms with Gasteiger partial charge in [0.2, 0.25) is 0 Å². The Bertz CT molecular complexity index is 668. The van der Waals surface area contributed by atoms with Crippen LogP contribution in [-0.2, 0) is 26.1 Å². The van der Waals surface area contributed by atoms with Crippen LogP contribution in [0.3, 0.4) is 0 Å². The molecule has 1 aliphatic rings. The Morgan fingerprint density at radius 3 is 2.82 bits per heavy atom. The lowest BCUT2D eigenvalue weighted by molar-refractivity contribution is 0.206. The third kappa shape index (κ3) is 3.31. The SMILES string of the molecule is CC(C)Cc1nnc2n1CCN(Cc1ccc(Cl)c(F)c1)C2. The van der Waals surface area contributed by atoms with Crippen molar-refractivity contribution in [2.75, 3.05) is 6.54 Å². The minimum Gasteiger partial charge on any atom is -0.313 e. The second kappa shape index (κ2) is 6.34. The highest BCUT2D eigenvalue weighted by Crippen LogP contribution is 2.20. The summed E-state index contributed by atoms with van der Waals surface area (Å²) in [6.07, 6.45) is 0.954. The van der Waals surface area contributed by atoms with Crippen molar-refractivity contribution in [3.8, 4) is 0 Å². The van der Waals surface area contributed by atoms with E-state index in [2.05, 4.69) is 33.5 Å². The largest absolute Gasteiger partial charge is 0.313 e. The fourth-order valence-corrected chi connectivity index (χ4v) is 2.93. The van der Waals surface area contributed by atoms with Crippen molar-refractivity contribution >= 4 is 11.6 Å². The van der Waals surface area contributed by atoms with Crippen molar-refractivity contribution in [1.29, 1.82) is 0 Å². The van der Waals surface area contributed by atoms with E-state index >= 15 is 0 Å². The number of rotatable bonds is 4. The fraction of sp³-hybridized carbons (Fsp3) is 0.500. The molecule has 6 heteroatoms. The van der Waals surface area contributed by atoms with Crippen molar-refractivity contribution in [1.82, 2.24) is 19.7 Å². The molecule has 0 atom stereocenters. The highest BCUT2D eigenvalue weighted by atomic mass is 35.5. The lowest BCUT2D eigenvalue weighted by Crippen LogP contribution is -2.34. The molecular weight excluding hydrogens is 303 g/mol. The Morgan fingerprint density at radius 2 is 2.09 bits per heavy atom. The van der Waals surface area contributed by atoms with Crippen LogP contribution in [0.5, 0.6) is 0 Å². The molecule has 1 aliphatic heterocycles. The van der Waals surface area contributed by atoms with Gasteiger partial charge in [-0.3, -0.25) is 4.90 Å². The van der Waals surface area contributed by atoms with E-state index in [1.165, 1.54) is 6.07 Å². The smallest absolute Gasteiger partial charge is 0.147 e. The standard InChI is InChI=1S/C16H20ClFN4/c1-11(2)7-15-19-20-16-10-21(5-6-22(15)16)9-12-3-4-13(17)14(18)8-12/h3-4,8,11H,5-7,9-10H2,1-2H3. The first kappa shape index (κ1) is 15.4. The summed E-state index contributed by atoms with van der Waals surface area (Å²) in [7, 11) is 0. The van der Waals surface area contributed by atoms with Gasteiger partial charge in [0, 0.05) is 26.1 Å². The van der Waals surface area contributed by atoms with Crippen molar-refractivity contribution in [3.05, 3.63) is 46.3 Å². The maximum Gasteiger partial charge on any atom is 0.147 e. The summed E-state index contributed by atoms with van der Waals surface area (Å²) in [5.74, 6) is 2.28. The number of halogens is 2. The van der Waals surface area contributed by atoms with Gasteiger partial charge in [-0.15, -0.1) is 10.2 Å². The van der Waals surface area contributed by atoms with E-state index in [0.29, 0.717) is 12.5 Å². The molecule has 1 aromatic carbocycles. The lowest BCUT2D eigenvalue weighted by atomic mass is 10.1. The monoisotopic (exact) mass is 322 g/mol. The first-order valence-corrected chi connectivity index (χ1v) is 7.98. The minimum atomic E-state index is -0.362. The molecule has 0 spiro atoms. The molecule has 0 N–H and O–H groups in total. The first-order chi connectivity index (χ1) is 10.5. The molecule has 0 bridgehead atoms. The lowest BCUT2D eigenvalue weighted by Gasteiger charge is -2.28. The average Bonchev–Trinajstić information content (AvgIpc) is 2.85. The second-order valence-electron chi connectivity index (χ2n) is 6.24. The van der Waals surface area contributed by atoms with E-state index < -0.39 is 0 Å². The number of benzene rings is 1. The number of fused-ring (bicyclic) bond motifs is 1. The first-order valence-electron chi connectivity index (χ1n) is 7.60. The van der Waals surface area contributed by atoms with Crippen LogP contribution in [0.1, 0.15) is 31.1 Å². The Morgan fingerprint density at radius 1 is 1.27 bits per heavy atom. The molecule has 3 rings (SSSR count). The predicted octanol–water partition coefficient (Wildman–Crippen LogP) is 3.28. The zero-order valence-electron chi connectivity index (χ0n) is 12.9. The third-order valence-electron chi connectivity index (χ3n) is 3.89. The number of nitrogens with zero attached hydrogens (tertiary/aromatic N) is 4. The molecule has 2 heterocycles. The Labute approximate surface area is 134 Å². The summed E-state index contributed by atoms with van der Waals surface area (Å²) >= 11 is 5.72. The normalized spacial score (nSPS) is 15.3. The van der Waals surface area contributed by atoms with Gasteiger partial charge in [0.15, 0.2) is 0 Å². The molecule has 0 aliphatic carbocycles. The summed E-state index contributed by atoms with van der Waals surface area (Å²) in [5.41, 5.74) is 0.928. The molecule has 0 amide bonds. The molecule has 22 heavy (non-hydrogen) atoms. The van der Waals surface area contributed by atoms with Crippen LogP contribution >= 0.6 is 11.6 Å². The summed E-state index contributed by atoms with van der Waals surface area (Å²) in [6, 6.07) is 4.99. The van der Waals surface area contributed by atoms with Gasteiger partial charge in [0.05, 0.1) is 11.6 Å². The van der Waals surface area contributed by atoms with Gasteiger partial charge in [0.1, 0.15) is 17.5 Å². The van der Waals surface area contributed by atoms with Crippen LogP contribution in [-0.4, -0.2) is 26.2 Å². The van der Waals surface area contributed by atoms with Gasteiger partial charge >= 0.3 is 0 Å². The molecule has 0 unspecified atom stereocenters. The molecule has 0 fully saturated rings. The van der Waals surface area contributed by atoms with E-state index in [9.17, 15) is 4.39 Å². The minimum absolute atomic E-state index is 0.167. The maximum absolute atomic E-state index is 13.5. The predicted molar refractivity (Wildman–Crippen MR) is 84.1 cm³/mol. The highest BCUT2D eigenvalue weighted by Gasteiger charge is 2.21. The van der Waals surface area contributed by atoms with Gasteiger partial charge in [0.25, 0.3) is 0 Å². The Kier molecular flexibility index (Phi) is 4.45. The molecule has 4 nitrogen and oxygen atoms in total. The van der Waals surface area contributed by atoms with Gasteiger partial charge in [-0.2, -0.15) is 0 Å². The van der Waals surface area contributed by atoms with Gasteiger partial charge in [-0.05, 0) is 23.6 Å². The Balaban J connectivity index is 1.69. The average molecular weight is 323 g/mol. The van der Waals surface area contributed by atoms with Crippen LogP contribution in [0.25, 0.3) is 0 Å². The molecule has 0 saturated heterocycles. The summed E-state index contributed by atoms with van der Waals surface area (Å²) < 4.78 is 15.7. The second-order valence-corrected chi connectivity index (χ2v) is 6.65. The Hall–Kier alpha value is -1.46. The van der Waals surface area contributed by atoms with Crippen LogP contribution in [0.15, 0.2) is 18.2 Å². The van der Waals surface area contributed by atoms with Crippen molar-refractivity contribution in [3.63, 3.8) is 0 Å². The number of aromatic nitrogens is 3. The number of hydrogen-bond acceptors (Lipinski definition) is 3. The van der Waals surface area contributed by atoms with E-state index in [4.69, 9.17) is 11.6 Å². The van der Waals surface area contributed by atoms with Crippen molar-refractivity contribution in [2.45, 2.75) is 39.9 Å². The quantitative estimate of drug-likeness (QED) is 0.866. The van der Waals surface area contributed by atoms with Crippen LogP contribution in [0, 0.1) is 11.7 Å². The van der Waals surface area contributed by atoms with E-state index in [0.717, 1.165) is 43.3 Å². The zero-order valence-corrected chi connectivity index (χ0v) is 13.6. The topological polar surface area (TPSA) is 34.0 Å². The van der Waals surface area contributed by atoms with E-state index in [-0.39, 0.29) is 10.8 Å². The van der Waals surface area contributed by atoms with Crippen LogP contribution < -0.4 is 0 Å². The fourth-order valence-electron chi connectivity index (χ4n) is 2.82. The van der Waals surface area contributed by atoms with Gasteiger partial charge in [-0.25, -0.2) is 4.39 Å². The summed E-state index contributed by atoms with van der Waals surface area (Å²) in [4.78, 5) is 2.26. The van der Waals surface area contributed by atoms with Crippen molar-refractivity contribution < 1.29 is 4.39 Å². The molecule has 0 saturated carbocycles. The van der Waals surface area contributed by atoms with Gasteiger partial charge < -0.3 is 4.57 Å². The van der Waals surface area contributed by atoms with Crippen molar-refractivity contribution in [2.24, 2.45) is 5.92 Å². The van der Waals surface area contributed by atoms with Crippen LogP contribution in [0.2, 0.25) is 5.02 Å². The highest BCUT2D eigenvalue weighted by molar-refractivity contribution is 6.30. The molecule has 0 radical (unpaired) electrons. The summed E-state index contributed by atoms with van der Waals surface area (Å²) in [5, 5.41) is 8.79. The third-order valence-corrected chi connectivity index (χ3v) is 4.20. The van der Waals surface area contributed by atoms with E-state index in [1.807, 2.05) is 6.07 Å². The zero-order chi connectivity index (χ0) is 15.7. The molecule has 118 valence electrons. The van der Waals surface area contributed by atoms with Crippen LogP contribution in [0.4, 0.5) is 4.39 Å². The number of hydrogen-bond donors (Lipinski definition) is 0. The van der Waals surface area contributed by atoms with Gasteiger partial charge in [-0.1, -0.05) is 31.5 Å². The molecular formula is C16H20ClFN4. The summed E-state index contributed by atoms with van der Waals surface area (Å²) in [6.45, 7) is 7.62. The molecule has 1 aromatic heterocycles. The maximum atomic E-state index is 13.5.